The van der Waals surface area contributed by atoms with Crippen LogP contribution in [0.4, 0.5) is 0 Å². The predicted molar refractivity (Wildman–Crippen MR) is 133 cm³/mol. The molecule has 0 aliphatic carbocycles. The summed E-state index contributed by atoms with van der Waals surface area (Å²) in [6.07, 6.45) is 0. The van der Waals surface area contributed by atoms with E-state index in [-0.39, 0.29) is 4.90 Å². The third kappa shape index (κ3) is 6.51. The van der Waals surface area contributed by atoms with Gasteiger partial charge in [0.05, 0.1) is 12.0 Å². The van der Waals surface area contributed by atoms with E-state index in [1.165, 1.54) is 28.0 Å². The summed E-state index contributed by atoms with van der Waals surface area (Å²) in [5.74, 6) is 0.898. The second kappa shape index (κ2) is 11.1. The number of ether oxygens (including phenoxy) is 1. The van der Waals surface area contributed by atoms with Crippen LogP contribution in [0.25, 0.3) is 0 Å². The van der Waals surface area contributed by atoms with Gasteiger partial charge in [-0.05, 0) is 55.0 Å². The highest BCUT2D eigenvalue weighted by molar-refractivity contribution is 7.85. The Morgan fingerprint density at radius 2 is 1.09 bits per heavy atom. The molecule has 32 heavy (non-hydrogen) atoms. The van der Waals surface area contributed by atoms with Crippen LogP contribution in [0.5, 0.6) is 5.75 Å². The summed E-state index contributed by atoms with van der Waals surface area (Å²) in [5, 5.41) is 4.07. The van der Waals surface area contributed by atoms with E-state index >= 15 is 0 Å². The average molecular weight is 465 g/mol. The van der Waals surface area contributed by atoms with E-state index in [2.05, 4.69) is 72.8 Å². The molecule has 4 nitrogen and oxygen atoms in total. The summed E-state index contributed by atoms with van der Waals surface area (Å²) in [7, 11) is -2.84. The molecule has 4 aromatic rings. The Labute approximate surface area is 191 Å². The van der Waals surface area contributed by atoms with Gasteiger partial charge in [0.15, 0.2) is 0 Å². The van der Waals surface area contributed by atoms with Gasteiger partial charge < -0.3 is 4.74 Å². The van der Waals surface area contributed by atoms with Crippen LogP contribution in [0.2, 0.25) is 0 Å². The third-order valence-corrected chi connectivity index (χ3v) is 7.99. The lowest BCUT2D eigenvalue weighted by Gasteiger charge is -2.19. The van der Waals surface area contributed by atoms with Gasteiger partial charge >= 0.3 is 0 Å². The van der Waals surface area contributed by atoms with Gasteiger partial charge in [-0.15, -0.1) is 0 Å². The minimum atomic E-state index is -4.02. The number of methoxy groups -OCH3 is 1. The van der Waals surface area contributed by atoms with Crippen LogP contribution in [0.15, 0.2) is 114 Å². The van der Waals surface area contributed by atoms with E-state index in [1.54, 1.807) is 19.2 Å². The van der Waals surface area contributed by atoms with Crippen molar-refractivity contribution in [2.45, 2.75) is 11.8 Å². The van der Waals surface area contributed by atoms with Gasteiger partial charge in [0.25, 0.3) is 10.1 Å². The van der Waals surface area contributed by atoms with Crippen LogP contribution >= 0.6 is 7.92 Å². The molecule has 6 heteroatoms. The van der Waals surface area contributed by atoms with Crippen molar-refractivity contribution in [2.75, 3.05) is 7.11 Å². The molecule has 0 saturated carbocycles. The van der Waals surface area contributed by atoms with Crippen LogP contribution < -0.4 is 20.7 Å². The van der Waals surface area contributed by atoms with Crippen LogP contribution in [0.1, 0.15) is 5.56 Å². The lowest BCUT2D eigenvalue weighted by molar-refractivity contribution is 0.415. The topological polar surface area (TPSA) is 63.6 Å². The molecule has 0 unspecified atom stereocenters. The molecule has 1 N–H and O–H groups in total. The molecule has 0 saturated heterocycles. The molecule has 0 amide bonds. The zero-order valence-electron chi connectivity index (χ0n) is 17.9. The van der Waals surface area contributed by atoms with Crippen LogP contribution in [-0.4, -0.2) is 20.1 Å². The van der Waals surface area contributed by atoms with Crippen LogP contribution in [0, 0.1) is 6.92 Å². The highest BCUT2D eigenvalue weighted by Crippen LogP contribution is 2.33. The highest BCUT2D eigenvalue weighted by atomic mass is 32.2. The summed E-state index contributed by atoms with van der Waals surface area (Å²) in [6.45, 7) is 1.84. The number of hydrogen-bond donors (Lipinski definition) is 1. The molecular formula is C26H25O4PS. The molecule has 4 aromatic carbocycles. The van der Waals surface area contributed by atoms with Crippen molar-refractivity contribution in [3.63, 3.8) is 0 Å². The van der Waals surface area contributed by atoms with E-state index in [1.807, 2.05) is 19.1 Å². The second-order valence-electron chi connectivity index (χ2n) is 6.99. The van der Waals surface area contributed by atoms with E-state index < -0.39 is 18.0 Å². The van der Waals surface area contributed by atoms with E-state index in [9.17, 15) is 8.42 Å². The molecule has 0 aliphatic rings. The average Bonchev–Trinajstić information content (AvgIpc) is 2.81. The van der Waals surface area contributed by atoms with Gasteiger partial charge in [0.1, 0.15) is 5.75 Å². The molecule has 0 spiro atoms. The van der Waals surface area contributed by atoms with E-state index in [0.29, 0.717) is 0 Å². The lowest BCUT2D eigenvalue weighted by Crippen LogP contribution is -2.20. The number of benzene rings is 4. The molecule has 0 radical (unpaired) electrons. The first-order valence-corrected chi connectivity index (χ1v) is 12.7. The molecule has 164 valence electrons. The lowest BCUT2D eigenvalue weighted by atomic mass is 10.2. The molecule has 0 fully saturated rings. The van der Waals surface area contributed by atoms with Crippen molar-refractivity contribution in [3.05, 3.63) is 115 Å². The second-order valence-corrected chi connectivity index (χ2v) is 10.6. The van der Waals surface area contributed by atoms with Gasteiger partial charge in [-0.2, -0.15) is 8.42 Å². The Bertz CT molecular complexity index is 1170. The maximum absolute atomic E-state index is 10.5. The molecule has 0 aromatic heterocycles. The van der Waals surface area contributed by atoms with Crippen LogP contribution in [0.3, 0.4) is 0 Å². The molecular weight excluding hydrogens is 439 g/mol. The Hall–Kier alpha value is -2.98. The van der Waals surface area contributed by atoms with Gasteiger partial charge in [-0.25, -0.2) is 0 Å². The Balaban J connectivity index is 0.000000222. The van der Waals surface area contributed by atoms with Gasteiger partial charge in [-0.1, -0.05) is 90.5 Å². The van der Waals surface area contributed by atoms with Crippen molar-refractivity contribution in [3.8, 4) is 5.75 Å². The standard InChI is InChI=1S/C19H17OP.C7H8O3S/c1-20-16-12-14-19(15-13-16)21(17-8-4-2-5-9-17)18-10-6-3-7-11-18;1-6-2-4-7(5-3-6)11(8,9)10/h2-15H,1H3;2-5H,1H3,(H,8,9,10). The smallest absolute Gasteiger partial charge is 0.294 e. The summed E-state index contributed by atoms with van der Waals surface area (Å²) in [4.78, 5) is -0.0666. The largest absolute Gasteiger partial charge is 0.497 e. The first-order valence-electron chi connectivity index (χ1n) is 9.97. The van der Waals surface area contributed by atoms with Crippen LogP contribution in [-0.2, 0) is 10.1 Å². The van der Waals surface area contributed by atoms with Crippen molar-refractivity contribution < 1.29 is 17.7 Å². The van der Waals surface area contributed by atoms with Crippen molar-refractivity contribution >= 4 is 34.0 Å². The fourth-order valence-corrected chi connectivity index (χ4v) is 5.81. The number of hydrogen-bond acceptors (Lipinski definition) is 3. The molecule has 0 heterocycles. The number of rotatable bonds is 5. The summed E-state index contributed by atoms with van der Waals surface area (Å²) in [5.41, 5.74) is 0.956. The van der Waals surface area contributed by atoms with Gasteiger partial charge in [0, 0.05) is 0 Å². The summed E-state index contributed by atoms with van der Waals surface area (Å²) < 4.78 is 34.8. The fraction of sp³-hybridized carbons (Fsp3) is 0.0769. The first-order chi connectivity index (χ1) is 15.4. The summed E-state index contributed by atoms with van der Waals surface area (Å²) in [6, 6.07) is 35.8. The van der Waals surface area contributed by atoms with Gasteiger partial charge in [-0.3, -0.25) is 4.55 Å². The minimum Gasteiger partial charge on any atom is -0.497 e. The SMILES string of the molecule is COc1ccc(P(c2ccccc2)c2ccccc2)cc1.Cc1ccc(S(=O)(=O)O)cc1. The molecule has 0 aliphatic heterocycles. The zero-order chi connectivity index (χ0) is 23.0. The van der Waals surface area contributed by atoms with Crippen molar-refractivity contribution in [1.29, 1.82) is 0 Å². The zero-order valence-corrected chi connectivity index (χ0v) is 19.6. The Morgan fingerprint density at radius 3 is 1.50 bits per heavy atom. The highest BCUT2D eigenvalue weighted by Gasteiger charge is 2.15. The maximum Gasteiger partial charge on any atom is 0.294 e. The van der Waals surface area contributed by atoms with Crippen molar-refractivity contribution in [2.24, 2.45) is 0 Å². The predicted octanol–water partition coefficient (Wildman–Crippen LogP) is 4.70. The van der Waals surface area contributed by atoms with E-state index in [4.69, 9.17) is 9.29 Å². The number of aryl methyl sites for hydroxylation is 1. The van der Waals surface area contributed by atoms with Crippen molar-refractivity contribution in [1.82, 2.24) is 0 Å². The maximum atomic E-state index is 10.5. The van der Waals surface area contributed by atoms with Gasteiger partial charge in [0.2, 0.25) is 0 Å². The third-order valence-electron chi connectivity index (χ3n) is 4.68. The molecule has 0 atom stereocenters. The fourth-order valence-electron chi connectivity index (χ4n) is 3.04. The monoisotopic (exact) mass is 464 g/mol. The normalized spacial score (nSPS) is 10.9. The first kappa shape index (κ1) is 23.7. The van der Waals surface area contributed by atoms with E-state index in [0.717, 1.165) is 11.3 Å². The Kier molecular flexibility index (Phi) is 8.18. The quantitative estimate of drug-likeness (QED) is 0.344. The summed E-state index contributed by atoms with van der Waals surface area (Å²) >= 11 is 0. The minimum absolute atomic E-state index is 0.0666. The molecule has 4 rings (SSSR count). The molecule has 0 bridgehead atoms. The Morgan fingerprint density at radius 1 is 0.656 bits per heavy atom.